The van der Waals surface area contributed by atoms with Crippen molar-refractivity contribution in [3.63, 3.8) is 0 Å². The van der Waals surface area contributed by atoms with E-state index in [0.29, 0.717) is 6.54 Å². The average molecular weight is 296 g/mol. The molecule has 0 bridgehead atoms. The molecule has 2 heterocycles. The third kappa shape index (κ3) is 2.53. The van der Waals surface area contributed by atoms with Gasteiger partial charge in [0.15, 0.2) is 5.65 Å². The van der Waals surface area contributed by atoms with Gasteiger partial charge in [0.25, 0.3) is 0 Å². The number of hydrogen-bond donors (Lipinski definition) is 2. The number of aromatic nitrogens is 4. The van der Waals surface area contributed by atoms with Crippen molar-refractivity contribution in [3.05, 3.63) is 41.9 Å². The minimum absolute atomic E-state index is 0.656. The second-order valence-corrected chi connectivity index (χ2v) is 5.30. The Morgan fingerprint density at radius 2 is 2.09 bits per heavy atom. The zero-order chi connectivity index (χ0) is 15.5. The summed E-state index contributed by atoms with van der Waals surface area (Å²) in [6.45, 7) is 5.64. The topological polar surface area (TPSA) is 81.7 Å². The number of rotatable bonds is 5. The highest BCUT2D eigenvalue weighted by atomic mass is 15.3. The fourth-order valence-corrected chi connectivity index (χ4v) is 2.44. The van der Waals surface area contributed by atoms with E-state index in [2.05, 4.69) is 46.4 Å². The summed E-state index contributed by atoms with van der Waals surface area (Å²) < 4.78 is 1.87. The molecule has 6 nitrogen and oxygen atoms in total. The summed E-state index contributed by atoms with van der Waals surface area (Å²) in [6, 6.07) is 6.19. The smallest absolute Gasteiger partial charge is 0.168 e. The number of anilines is 1. The largest absolute Gasteiger partial charge is 0.369 e. The van der Waals surface area contributed by atoms with Gasteiger partial charge in [-0.25, -0.2) is 14.6 Å². The standard InChI is InChI=1S/C16H20N6/c1-11-5-3-6-14(12(11)2)22-16-13(9-21-22)15(19-10-20-16)18-8-4-7-17/h3,5-6,9-10H,4,7-8,17H2,1-2H3,(H,18,19,20). The Morgan fingerprint density at radius 1 is 1.23 bits per heavy atom. The van der Waals surface area contributed by atoms with E-state index in [1.807, 2.05) is 16.9 Å². The van der Waals surface area contributed by atoms with Crippen LogP contribution in [0.3, 0.4) is 0 Å². The summed E-state index contributed by atoms with van der Waals surface area (Å²) in [4.78, 5) is 8.71. The van der Waals surface area contributed by atoms with Gasteiger partial charge in [-0.15, -0.1) is 0 Å². The van der Waals surface area contributed by atoms with Gasteiger partial charge in [-0.3, -0.25) is 0 Å². The van der Waals surface area contributed by atoms with Crippen LogP contribution in [0.2, 0.25) is 0 Å². The number of hydrogen-bond acceptors (Lipinski definition) is 5. The van der Waals surface area contributed by atoms with Gasteiger partial charge >= 0.3 is 0 Å². The van der Waals surface area contributed by atoms with Crippen molar-refractivity contribution >= 4 is 16.9 Å². The average Bonchev–Trinajstić information content (AvgIpc) is 2.95. The molecule has 114 valence electrons. The number of fused-ring (bicyclic) bond motifs is 1. The molecule has 0 saturated heterocycles. The number of aryl methyl sites for hydroxylation is 1. The molecule has 0 atom stereocenters. The Hall–Kier alpha value is -2.47. The molecule has 0 spiro atoms. The lowest BCUT2D eigenvalue weighted by Gasteiger charge is -2.09. The first-order valence-corrected chi connectivity index (χ1v) is 7.41. The van der Waals surface area contributed by atoms with Gasteiger partial charge < -0.3 is 11.1 Å². The zero-order valence-corrected chi connectivity index (χ0v) is 12.9. The highest BCUT2D eigenvalue weighted by Crippen LogP contribution is 2.24. The fourth-order valence-electron chi connectivity index (χ4n) is 2.44. The van der Waals surface area contributed by atoms with Crippen LogP contribution in [0.4, 0.5) is 5.82 Å². The molecule has 0 aliphatic rings. The van der Waals surface area contributed by atoms with Crippen LogP contribution in [0, 0.1) is 13.8 Å². The van der Waals surface area contributed by atoms with Crippen LogP contribution in [0.5, 0.6) is 0 Å². The van der Waals surface area contributed by atoms with E-state index < -0.39 is 0 Å². The van der Waals surface area contributed by atoms with Gasteiger partial charge in [-0.05, 0) is 44.0 Å². The molecule has 0 amide bonds. The van der Waals surface area contributed by atoms with Gasteiger partial charge in [-0.2, -0.15) is 5.10 Å². The Labute approximate surface area is 129 Å². The van der Waals surface area contributed by atoms with Crippen molar-refractivity contribution in [1.29, 1.82) is 0 Å². The van der Waals surface area contributed by atoms with Crippen molar-refractivity contribution in [1.82, 2.24) is 19.7 Å². The van der Waals surface area contributed by atoms with Crippen LogP contribution in [-0.4, -0.2) is 32.8 Å². The van der Waals surface area contributed by atoms with Crippen molar-refractivity contribution in [2.45, 2.75) is 20.3 Å². The van der Waals surface area contributed by atoms with Gasteiger partial charge in [0.05, 0.1) is 17.3 Å². The van der Waals surface area contributed by atoms with Crippen molar-refractivity contribution in [2.75, 3.05) is 18.4 Å². The predicted molar refractivity (Wildman–Crippen MR) is 88.3 cm³/mol. The minimum atomic E-state index is 0.656. The number of nitrogens with one attached hydrogen (secondary N) is 1. The van der Waals surface area contributed by atoms with Crippen LogP contribution in [0.15, 0.2) is 30.7 Å². The van der Waals surface area contributed by atoms with E-state index in [1.165, 1.54) is 11.1 Å². The number of nitrogens with two attached hydrogens (primary N) is 1. The fraction of sp³-hybridized carbons (Fsp3) is 0.312. The molecule has 0 aliphatic carbocycles. The maximum atomic E-state index is 5.53. The van der Waals surface area contributed by atoms with Crippen LogP contribution in [0.1, 0.15) is 17.5 Å². The molecule has 0 aliphatic heterocycles. The van der Waals surface area contributed by atoms with Crippen molar-refractivity contribution in [2.24, 2.45) is 5.73 Å². The predicted octanol–water partition coefficient (Wildman–Crippen LogP) is 2.19. The Balaban J connectivity index is 2.06. The SMILES string of the molecule is Cc1cccc(-n2ncc3c(NCCCN)ncnc32)c1C. The first-order valence-electron chi connectivity index (χ1n) is 7.41. The van der Waals surface area contributed by atoms with E-state index >= 15 is 0 Å². The summed E-state index contributed by atoms with van der Waals surface area (Å²) in [6.07, 6.45) is 4.27. The Morgan fingerprint density at radius 3 is 2.91 bits per heavy atom. The molecule has 6 heteroatoms. The van der Waals surface area contributed by atoms with Crippen LogP contribution >= 0.6 is 0 Å². The Bertz CT molecular complexity index is 792. The maximum Gasteiger partial charge on any atom is 0.168 e. The second-order valence-electron chi connectivity index (χ2n) is 5.30. The number of benzene rings is 1. The summed E-state index contributed by atoms with van der Waals surface area (Å²) in [5.41, 5.74) is 9.81. The summed E-state index contributed by atoms with van der Waals surface area (Å²) in [5.74, 6) is 0.801. The van der Waals surface area contributed by atoms with Crippen molar-refractivity contribution < 1.29 is 0 Å². The molecule has 0 fully saturated rings. The molecule has 2 aromatic heterocycles. The summed E-state index contributed by atoms with van der Waals surface area (Å²) in [5, 5.41) is 8.72. The minimum Gasteiger partial charge on any atom is -0.369 e. The van der Waals surface area contributed by atoms with E-state index in [-0.39, 0.29) is 0 Å². The van der Waals surface area contributed by atoms with Gasteiger partial charge in [0.2, 0.25) is 0 Å². The quantitative estimate of drug-likeness (QED) is 0.705. The summed E-state index contributed by atoms with van der Waals surface area (Å²) in [7, 11) is 0. The zero-order valence-electron chi connectivity index (χ0n) is 12.9. The third-order valence-corrected chi connectivity index (χ3v) is 3.84. The highest BCUT2D eigenvalue weighted by molar-refractivity contribution is 5.87. The molecule has 0 unspecified atom stereocenters. The first kappa shape index (κ1) is 14.5. The molecule has 3 aromatic rings. The molecule has 3 N–H and O–H groups in total. The molecule has 0 radical (unpaired) electrons. The second kappa shape index (κ2) is 6.11. The van der Waals surface area contributed by atoms with Gasteiger partial charge in [0, 0.05) is 6.54 Å². The first-order chi connectivity index (χ1) is 10.7. The molecule has 22 heavy (non-hydrogen) atoms. The third-order valence-electron chi connectivity index (χ3n) is 3.84. The molecular formula is C16H20N6. The van der Waals surface area contributed by atoms with E-state index in [9.17, 15) is 0 Å². The van der Waals surface area contributed by atoms with E-state index in [1.54, 1.807) is 6.33 Å². The lowest BCUT2D eigenvalue weighted by Crippen LogP contribution is -2.09. The van der Waals surface area contributed by atoms with E-state index in [4.69, 9.17) is 5.73 Å². The molecule has 1 aromatic carbocycles. The van der Waals surface area contributed by atoms with Crippen LogP contribution in [0.25, 0.3) is 16.7 Å². The maximum absolute atomic E-state index is 5.53. The Kier molecular flexibility index (Phi) is 4.02. The lowest BCUT2D eigenvalue weighted by atomic mass is 10.1. The van der Waals surface area contributed by atoms with Crippen molar-refractivity contribution in [3.8, 4) is 5.69 Å². The van der Waals surface area contributed by atoms with Gasteiger partial charge in [0.1, 0.15) is 12.1 Å². The van der Waals surface area contributed by atoms with E-state index in [0.717, 1.165) is 35.5 Å². The normalized spacial score (nSPS) is 11.0. The molecule has 3 rings (SSSR count). The highest BCUT2D eigenvalue weighted by Gasteiger charge is 2.12. The van der Waals surface area contributed by atoms with Crippen LogP contribution in [-0.2, 0) is 0 Å². The monoisotopic (exact) mass is 296 g/mol. The summed E-state index contributed by atoms with van der Waals surface area (Å²) >= 11 is 0. The van der Waals surface area contributed by atoms with Gasteiger partial charge in [-0.1, -0.05) is 12.1 Å². The van der Waals surface area contributed by atoms with Crippen LogP contribution < -0.4 is 11.1 Å². The molecular weight excluding hydrogens is 276 g/mol. The number of nitrogens with zero attached hydrogens (tertiary/aromatic N) is 4. The lowest BCUT2D eigenvalue weighted by molar-refractivity contribution is 0.869. The molecule has 0 saturated carbocycles.